The lowest BCUT2D eigenvalue weighted by molar-refractivity contribution is -0.384. The Morgan fingerprint density at radius 3 is 2.58 bits per heavy atom. The van der Waals surface area contributed by atoms with Gasteiger partial charge in [0, 0.05) is 49.1 Å². The number of nitrogens with zero attached hydrogens (tertiary/aromatic N) is 4. The maximum atomic E-state index is 12.7. The molecule has 2 aliphatic heterocycles. The Hall–Kier alpha value is -2.09. The molecule has 2 aliphatic rings. The predicted molar refractivity (Wildman–Crippen MR) is 94.7 cm³/mol. The van der Waals surface area contributed by atoms with Crippen LogP contribution in [0.15, 0.2) is 23.2 Å². The van der Waals surface area contributed by atoms with Gasteiger partial charge >= 0.3 is 0 Å². The Bertz CT molecular complexity index is 699. The van der Waals surface area contributed by atoms with Crippen molar-refractivity contribution in [2.45, 2.75) is 19.1 Å². The fraction of sp³-hybridized carbons (Fsp3) is 0.500. The van der Waals surface area contributed by atoms with Gasteiger partial charge < -0.3 is 9.80 Å². The monoisotopic (exact) mass is 348 g/mol. The number of thioether (sulfide) groups is 1. The average Bonchev–Trinajstić information content (AvgIpc) is 3.00. The quantitative estimate of drug-likeness (QED) is 0.604. The summed E-state index contributed by atoms with van der Waals surface area (Å²) in [7, 11) is 0. The molecule has 8 heteroatoms. The first-order valence-electron chi connectivity index (χ1n) is 7.96. The maximum absolute atomic E-state index is 12.7. The van der Waals surface area contributed by atoms with Gasteiger partial charge in [-0.1, -0.05) is 18.7 Å². The van der Waals surface area contributed by atoms with Crippen LogP contribution in [0, 0.1) is 17.0 Å². The number of nitro benzene ring substituents is 1. The van der Waals surface area contributed by atoms with Gasteiger partial charge in [0.25, 0.3) is 11.6 Å². The largest absolute Gasteiger partial charge is 0.348 e. The molecule has 1 aromatic carbocycles. The van der Waals surface area contributed by atoms with Crippen LogP contribution in [-0.2, 0) is 0 Å². The maximum Gasteiger partial charge on any atom is 0.269 e. The lowest BCUT2D eigenvalue weighted by atomic mass is 10.1. The standard InChI is InChI=1S/C16H20N4O3S/c1-11-9-13(20(22)23)3-4-14(11)15(21)18-5-7-19(8-6-18)16-17-10-12(2)24-16/h3-4,9,12H,5-8,10H2,1-2H3. The molecule has 0 aromatic heterocycles. The van der Waals surface area contributed by atoms with Crippen LogP contribution in [0.25, 0.3) is 0 Å². The van der Waals surface area contributed by atoms with Crippen molar-refractivity contribution in [2.24, 2.45) is 4.99 Å². The van der Waals surface area contributed by atoms with Gasteiger partial charge in [-0.05, 0) is 18.6 Å². The van der Waals surface area contributed by atoms with Crippen molar-refractivity contribution in [1.82, 2.24) is 9.80 Å². The summed E-state index contributed by atoms with van der Waals surface area (Å²) in [5.74, 6) is -0.0589. The Kier molecular flexibility index (Phi) is 4.75. The van der Waals surface area contributed by atoms with Gasteiger partial charge in [-0.2, -0.15) is 0 Å². The number of piperazine rings is 1. The van der Waals surface area contributed by atoms with E-state index in [0.29, 0.717) is 29.5 Å². The van der Waals surface area contributed by atoms with E-state index in [2.05, 4.69) is 16.8 Å². The molecular formula is C16H20N4O3S. The van der Waals surface area contributed by atoms with Gasteiger partial charge in [-0.15, -0.1) is 0 Å². The number of hydrogen-bond donors (Lipinski definition) is 0. The van der Waals surface area contributed by atoms with Crippen LogP contribution in [0.3, 0.4) is 0 Å². The molecule has 128 valence electrons. The third-order valence-corrected chi connectivity index (χ3v) is 5.43. The highest BCUT2D eigenvalue weighted by Gasteiger charge is 2.27. The van der Waals surface area contributed by atoms with Crippen LogP contribution in [0.2, 0.25) is 0 Å². The third-order valence-electron chi connectivity index (χ3n) is 4.28. The van der Waals surface area contributed by atoms with Crippen molar-refractivity contribution < 1.29 is 9.72 Å². The SMILES string of the molecule is Cc1cc([N+](=O)[O-])ccc1C(=O)N1CCN(C2=NCC(C)S2)CC1. The molecule has 1 unspecified atom stereocenters. The molecule has 0 radical (unpaired) electrons. The van der Waals surface area contributed by atoms with Gasteiger partial charge in [0.15, 0.2) is 5.17 Å². The summed E-state index contributed by atoms with van der Waals surface area (Å²) in [4.78, 5) is 31.7. The molecule has 2 heterocycles. The van der Waals surface area contributed by atoms with E-state index < -0.39 is 4.92 Å². The summed E-state index contributed by atoms with van der Waals surface area (Å²) in [6.45, 7) is 7.60. The van der Waals surface area contributed by atoms with Crippen LogP contribution in [0.5, 0.6) is 0 Å². The number of non-ortho nitro benzene ring substituents is 1. The molecule has 0 N–H and O–H groups in total. The number of amides is 1. The minimum Gasteiger partial charge on any atom is -0.348 e. The fourth-order valence-corrected chi connectivity index (χ4v) is 3.90. The van der Waals surface area contributed by atoms with E-state index in [-0.39, 0.29) is 11.6 Å². The number of hydrogen-bond acceptors (Lipinski definition) is 6. The molecular weight excluding hydrogens is 328 g/mol. The molecule has 0 bridgehead atoms. The summed E-state index contributed by atoms with van der Waals surface area (Å²) in [6.07, 6.45) is 0. The van der Waals surface area contributed by atoms with Gasteiger partial charge in [0.05, 0.1) is 11.5 Å². The molecule has 1 saturated heterocycles. The van der Waals surface area contributed by atoms with Crippen molar-refractivity contribution in [2.75, 3.05) is 32.7 Å². The van der Waals surface area contributed by atoms with E-state index in [1.165, 1.54) is 12.1 Å². The summed E-state index contributed by atoms with van der Waals surface area (Å²) < 4.78 is 0. The van der Waals surface area contributed by atoms with Crippen LogP contribution >= 0.6 is 11.8 Å². The molecule has 3 rings (SSSR count). The first-order valence-corrected chi connectivity index (χ1v) is 8.84. The summed E-state index contributed by atoms with van der Waals surface area (Å²) in [5.41, 5.74) is 1.19. The molecule has 0 aliphatic carbocycles. The van der Waals surface area contributed by atoms with Gasteiger partial charge in [0.1, 0.15) is 0 Å². The lowest BCUT2D eigenvalue weighted by Gasteiger charge is -2.35. The third kappa shape index (κ3) is 3.38. The molecule has 0 saturated carbocycles. The number of amidine groups is 1. The van der Waals surface area contributed by atoms with E-state index in [1.807, 2.05) is 4.90 Å². The summed E-state index contributed by atoms with van der Waals surface area (Å²) >= 11 is 1.79. The Morgan fingerprint density at radius 1 is 1.33 bits per heavy atom. The van der Waals surface area contributed by atoms with Gasteiger partial charge in [0.2, 0.25) is 0 Å². The zero-order chi connectivity index (χ0) is 17.3. The first-order chi connectivity index (χ1) is 11.5. The van der Waals surface area contributed by atoms with Crippen molar-refractivity contribution in [3.8, 4) is 0 Å². The lowest BCUT2D eigenvalue weighted by Crippen LogP contribution is -2.50. The topological polar surface area (TPSA) is 79.0 Å². The Labute approximate surface area is 144 Å². The molecule has 1 atom stereocenters. The highest BCUT2D eigenvalue weighted by atomic mass is 32.2. The first kappa shape index (κ1) is 16.8. The van der Waals surface area contributed by atoms with Gasteiger partial charge in [-0.3, -0.25) is 19.9 Å². The van der Waals surface area contributed by atoms with Crippen molar-refractivity contribution in [3.05, 3.63) is 39.4 Å². The molecule has 1 aromatic rings. The highest BCUT2D eigenvalue weighted by Crippen LogP contribution is 2.24. The molecule has 0 spiro atoms. The van der Waals surface area contributed by atoms with E-state index in [1.54, 1.807) is 24.8 Å². The van der Waals surface area contributed by atoms with Crippen molar-refractivity contribution in [3.63, 3.8) is 0 Å². The number of carbonyl (C=O) groups excluding carboxylic acids is 1. The zero-order valence-corrected chi connectivity index (χ0v) is 14.6. The molecule has 7 nitrogen and oxygen atoms in total. The van der Waals surface area contributed by atoms with Crippen molar-refractivity contribution in [1.29, 1.82) is 0 Å². The minimum atomic E-state index is -0.443. The second kappa shape index (κ2) is 6.80. The normalized spacial score (nSPS) is 20.9. The Balaban J connectivity index is 1.64. The number of aryl methyl sites for hydroxylation is 1. The smallest absolute Gasteiger partial charge is 0.269 e. The molecule has 1 amide bonds. The van der Waals surface area contributed by atoms with Crippen LogP contribution in [0.1, 0.15) is 22.8 Å². The highest BCUT2D eigenvalue weighted by molar-refractivity contribution is 8.14. The van der Waals surface area contributed by atoms with Crippen LogP contribution in [-0.4, -0.2) is 63.8 Å². The van der Waals surface area contributed by atoms with E-state index in [0.717, 1.165) is 24.8 Å². The molecule has 24 heavy (non-hydrogen) atoms. The van der Waals surface area contributed by atoms with E-state index >= 15 is 0 Å². The van der Waals surface area contributed by atoms with E-state index in [9.17, 15) is 14.9 Å². The molecule has 1 fully saturated rings. The van der Waals surface area contributed by atoms with Crippen LogP contribution < -0.4 is 0 Å². The summed E-state index contributed by atoms with van der Waals surface area (Å²) in [6, 6.07) is 4.40. The Morgan fingerprint density at radius 2 is 2.04 bits per heavy atom. The van der Waals surface area contributed by atoms with Crippen LogP contribution in [0.4, 0.5) is 5.69 Å². The number of benzene rings is 1. The number of aliphatic imine (C=N–C) groups is 1. The fourth-order valence-electron chi connectivity index (χ4n) is 2.91. The zero-order valence-electron chi connectivity index (χ0n) is 13.8. The second-order valence-corrected chi connectivity index (χ2v) is 7.49. The number of nitro groups is 1. The van der Waals surface area contributed by atoms with E-state index in [4.69, 9.17) is 0 Å². The second-order valence-electron chi connectivity index (χ2n) is 6.09. The number of carbonyl (C=O) groups is 1. The number of rotatable bonds is 2. The average molecular weight is 348 g/mol. The predicted octanol–water partition coefficient (Wildman–Crippen LogP) is 2.15. The minimum absolute atomic E-state index is 0.0132. The van der Waals surface area contributed by atoms with Crippen molar-refractivity contribution >= 4 is 28.5 Å². The van der Waals surface area contributed by atoms with Gasteiger partial charge in [-0.25, -0.2) is 0 Å². The summed E-state index contributed by atoms with van der Waals surface area (Å²) in [5, 5.41) is 12.4.